The van der Waals surface area contributed by atoms with Crippen molar-refractivity contribution in [1.82, 2.24) is 4.90 Å². The van der Waals surface area contributed by atoms with E-state index in [2.05, 4.69) is 11.8 Å². The van der Waals surface area contributed by atoms with Gasteiger partial charge in [0.05, 0.1) is 6.54 Å². The molecule has 1 aliphatic carbocycles. The molecule has 1 rings (SSSR count). The average Bonchev–Trinajstić information content (AvgIpc) is 2.96. The number of carboxylic acids is 1. The van der Waals surface area contributed by atoms with E-state index in [4.69, 9.17) is 9.84 Å². The Hall–Kier alpha value is -0.610. The van der Waals surface area contributed by atoms with E-state index in [1.54, 1.807) is 7.11 Å². The van der Waals surface area contributed by atoms with Gasteiger partial charge in [-0.2, -0.15) is 0 Å². The Labute approximate surface area is 91.2 Å². The summed E-state index contributed by atoms with van der Waals surface area (Å²) in [6, 6.07) is 0.293. The van der Waals surface area contributed by atoms with E-state index >= 15 is 0 Å². The molecule has 0 aliphatic heterocycles. The van der Waals surface area contributed by atoms with Crippen LogP contribution in [0.4, 0.5) is 0 Å². The van der Waals surface area contributed by atoms with Gasteiger partial charge in [-0.05, 0) is 32.1 Å². The van der Waals surface area contributed by atoms with Crippen LogP contribution >= 0.6 is 0 Å². The van der Waals surface area contributed by atoms with Crippen molar-refractivity contribution >= 4 is 5.97 Å². The maximum Gasteiger partial charge on any atom is 0.317 e. The highest BCUT2D eigenvalue weighted by Crippen LogP contribution is 2.30. The van der Waals surface area contributed by atoms with Gasteiger partial charge in [-0.25, -0.2) is 0 Å². The summed E-state index contributed by atoms with van der Waals surface area (Å²) in [7, 11) is 1.68. The average molecular weight is 215 g/mol. The van der Waals surface area contributed by atoms with Gasteiger partial charge in [-0.3, -0.25) is 9.69 Å². The smallest absolute Gasteiger partial charge is 0.317 e. The summed E-state index contributed by atoms with van der Waals surface area (Å²) in [6.45, 7) is 3.85. The first-order chi connectivity index (χ1) is 7.13. The van der Waals surface area contributed by atoms with Gasteiger partial charge < -0.3 is 9.84 Å². The molecule has 0 bridgehead atoms. The Morgan fingerprint density at radius 2 is 2.27 bits per heavy atom. The molecule has 1 atom stereocenters. The molecule has 1 aliphatic rings. The summed E-state index contributed by atoms with van der Waals surface area (Å²) in [5, 5.41) is 8.82. The molecule has 15 heavy (non-hydrogen) atoms. The summed E-state index contributed by atoms with van der Waals surface area (Å²) in [5.41, 5.74) is 0. The van der Waals surface area contributed by atoms with E-state index < -0.39 is 5.97 Å². The van der Waals surface area contributed by atoms with Gasteiger partial charge >= 0.3 is 5.97 Å². The van der Waals surface area contributed by atoms with Gasteiger partial charge in [0.1, 0.15) is 0 Å². The monoisotopic (exact) mass is 215 g/mol. The number of hydrogen-bond acceptors (Lipinski definition) is 3. The van der Waals surface area contributed by atoms with E-state index in [0.717, 1.165) is 18.9 Å². The third-order valence-corrected chi connectivity index (χ3v) is 2.89. The molecular weight excluding hydrogens is 194 g/mol. The molecular formula is C11H21NO3. The molecule has 0 radical (unpaired) electrons. The molecule has 4 nitrogen and oxygen atoms in total. The highest BCUT2D eigenvalue weighted by Gasteiger charge is 2.27. The summed E-state index contributed by atoms with van der Waals surface area (Å²) in [4.78, 5) is 12.8. The Balaban J connectivity index is 2.34. The van der Waals surface area contributed by atoms with Gasteiger partial charge in [0, 0.05) is 26.3 Å². The summed E-state index contributed by atoms with van der Waals surface area (Å²) in [6.07, 6.45) is 3.41. The molecule has 0 aromatic rings. The van der Waals surface area contributed by atoms with Crippen LogP contribution in [0.25, 0.3) is 0 Å². The van der Waals surface area contributed by atoms with Crippen LogP contribution in [0.15, 0.2) is 0 Å². The number of rotatable bonds is 8. The summed E-state index contributed by atoms with van der Waals surface area (Å²) in [5.74, 6) is -0.00531. The molecule has 0 heterocycles. The van der Waals surface area contributed by atoms with Gasteiger partial charge in [0.15, 0.2) is 0 Å². The lowest BCUT2D eigenvalue weighted by Crippen LogP contribution is -2.39. The molecule has 0 aromatic heterocycles. The van der Waals surface area contributed by atoms with E-state index in [-0.39, 0.29) is 6.54 Å². The van der Waals surface area contributed by atoms with Gasteiger partial charge in [-0.1, -0.05) is 0 Å². The fraction of sp³-hybridized carbons (Fsp3) is 0.909. The van der Waals surface area contributed by atoms with E-state index in [0.29, 0.717) is 12.6 Å². The number of aliphatic carboxylic acids is 1. The molecule has 1 saturated carbocycles. The third-order valence-electron chi connectivity index (χ3n) is 2.89. The normalized spacial score (nSPS) is 18.1. The Morgan fingerprint density at radius 3 is 2.73 bits per heavy atom. The highest BCUT2D eigenvalue weighted by atomic mass is 16.5. The lowest BCUT2D eigenvalue weighted by Gasteiger charge is -2.27. The van der Waals surface area contributed by atoms with Crippen molar-refractivity contribution in [1.29, 1.82) is 0 Å². The lowest BCUT2D eigenvalue weighted by atomic mass is 10.2. The first-order valence-electron chi connectivity index (χ1n) is 5.58. The molecule has 1 fully saturated rings. The van der Waals surface area contributed by atoms with E-state index in [9.17, 15) is 4.79 Å². The molecule has 88 valence electrons. The van der Waals surface area contributed by atoms with Crippen LogP contribution < -0.4 is 0 Å². The second kappa shape index (κ2) is 6.08. The Bertz CT molecular complexity index is 204. The predicted molar refractivity (Wildman–Crippen MR) is 57.9 cm³/mol. The SMILES string of the molecule is COCCC(C)N(CC(=O)O)CC1CC1. The third kappa shape index (κ3) is 5.14. The van der Waals surface area contributed by atoms with Crippen molar-refractivity contribution < 1.29 is 14.6 Å². The maximum atomic E-state index is 10.7. The second-order valence-corrected chi connectivity index (χ2v) is 4.40. The first-order valence-corrected chi connectivity index (χ1v) is 5.58. The number of carbonyl (C=O) groups is 1. The van der Waals surface area contributed by atoms with Crippen molar-refractivity contribution in [3.05, 3.63) is 0 Å². The standard InChI is InChI=1S/C11H21NO3/c1-9(5-6-15-2)12(8-11(13)14)7-10-3-4-10/h9-10H,3-8H2,1-2H3,(H,13,14). The molecule has 0 aromatic carbocycles. The molecule has 0 saturated heterocycles. The maximum absolute atomic E-state index is 10.7. The minimum atomic E-state index is -0.736. The van der Waals surface area contributed by atoms with Crippen molar-refractivity contribution in [3.8, 4) is 0 Å². The topological polar surface area (TPSA) is 49.8 Å². The highest BCUT2D eigenvalue weighted by molar-refractivity contribution is 5.69. The van der Waals surface area contributed by atoms with Gasteiger partial charge in [-0.15, -0.1) is 0 Å². The number of nitrogens with zero attached hydrogens (tertiary/aromatic N) is 1. The van der Waals surface area contributed by atoms with Crippen LogP contribution in [-0.2, 0) is 9.53 Å². The quantitative estimate of drug-likeness (QED) is 0.661. The minimum Gasteiger partial charge on any atom is -0.480 e. The minimum absolute atomic E-state index is 0.154. The van der Waals surface area contributed by atoms with Crippen LogP contribution in [0.3, 0.4) is 0 Å². The fourth-order valence-corrected chi connectivity index (χ4v) is 1.68. The zero-order chi connectivity index (χ0) is 11.3. The van der Waals surface area contributed by atoms with Crippen LogP contribution in [0, 0.1) is 5.92 Å². The van der Waals surface area contributed by atoms with E-state index in [1.165, 1.54) is 12.8 Å². The summed E-state index contributed by atoms with van der Waals surface area (Å²) >= 11 is 0. The zero-order valence-corrected chi connectivity index (χ0v) is 9.61. The van der Waals surface area contributed by atoms with Crippen LogP contribution in [-0.4, -0.2) is 48.8 Å². The van der Waals surface area contributed by atoms with Crippen molar-refractivity contribution in [2.75, 3.05) is 26.8 Å². The van der Waals surface area contributed by atoms with Crippen LogP contribution in [0.1, 0.15) is 26.2 Å². The lowest BCUT2D eigenvalue weighted by molar-refractivity contribution is -0.139. The Kier molecular flexibility index (Phi) is 5.05. The Morgan fingerprint density at radius 1 is 1.60 bits per heavy atom. The molecule has 4 heteroatoms. The van der Waals surface area contributed by atoms with Crippen molar-refractivity contribution in [3.63, 3.8) is 0 Å². The molecule has 1 unspecified atom stereocenters. The van der Waals surface area contributed by atoms with Crippen molar-refractivity contribution in [2.45, 2.75) is 32.2 Å². The zero-order valence-electron chi connectivity index (χ0n) is 9.61. The molecule has 0 spiro atoms. The number of hydrogen-bond donors (Lipinski definition) is 1. The van der Waals surface area contributed by atoms with E-state index in [1.807, 2.05) is 0 Å². The largest absolute Gasteiger partial charge is 0.480 e. The summed E-state index contributed by atoms with van der Waals surface area (Å²) < 4.78 is 5.01. The molecule has 1 N–H and O–H groups in total. The first kappa shape index (κ1) is 12.5. The number of methoxy groups -OCH3 is 1. The number of carboxylic acid groups (broad SMARTS) is 1. The number of ether oxygens (including phenoxy) is 1. The second-order valence-electron chi connectivity index (χ2n) is 4.40. The predicted octanol–water partition coefficient (Wildman–Crippen LogP) is 1.21. The molecule has 0 amide bonds. The van der Waals surface area contributed by atoms with Gasteiger partial charge in [0.25, 0.3) is 0 Å². The van der Waals surface area contributed by atoms with Crippen LogP contribution in [0.2, 0.25) is 0 Å². The van der Waals surface area contributed by atoms with Gasteiger partial charge in [0.2, 0.25) is 0 Å². The fourth-order valence-electron chi connectivity index (χ4n) is 1.68. The van der Waals surface area contributed by atoms with Crippen LogP contribution in [0.5, 0.6) is 0 Å². The van der Waals surface area contributed by atoms with Crippen molar-refractivity contribution in [2.24, 2.45) is 5.92 Å².